The van der Waals surface area contributed by atoms with Crippen molar-refractivity contribution in [2.24, 2.45) is 0 Å². The van der Waals surface area contributed by atoms with Crippen molar-refractivity contribution in [3.63, 3.8) is 0 Å². The zero-order chi connectivity index (χ0) is 18.7. The monoisotopic (exact) mass is 365 g/mol. The molecule has 1 aliphatic rings. The maximum atomic E-state index is 12.6. The van der Waals surface area contributed by atoms with Gasteiger partial charge in [0.1, 0.15) is 5.69 Å². The minimum Gasteiger partial charge on any atom is -0.357 e. The van der Waals surface area contributed by atoms with E-state index in [0.29, 0.717) is 38.3 Å². The summed E-state index contributed by atoms with van der Waals surface area (Å²) in [6.45, 7) is 1.69. The Hall–Kier alpha value is -2.77. The lowest BCUT2D eigenvalue weighted by Gasteiger charge is -2.22. The first-order valence-corrected chi connectivity index (χ1v) is 8.25. The van der Waals surface area contributed by atoms with Crippen molar-refractivity contribution in [3.8, 4) is 0 Å². The van der Waals surface area contributed by atoms with Crippen molar-refractivity contribution >= 4 is 11.8 Å². The van der Waals surface area contributed by atoms with Gasteiger partial charge in [-0.15, -0.1) is 0 Å². The number of halogens is 3. The van der Waals surface area contributed by atoms with E-state index in [2.05, 4.69) is 4.98 Å². The van der Waals surface area contributed by atoms with Crippen LogP contribution in [0.15, 0.2) is 42.6 Å². The molecule has 8 heteroatoms. The molecule has 2 amide bonds. The number of rotatable bonds is 2. The fourth-order valence-electron chi connectivity index (χ4n) is 2.94. The quantitative estimate of drug-likeness (QED) is 0.890. The van der Waals surface area contributed by atoms with Gasteiger partial charge < -0.3 is 14.8 Å². The zero-order valence-corrected chi connectivity index (χ0v) is 13.9. The molecule has 1 N–H and O–H groups in total. The summed E-state index contributed by atoms with van der Waals surface area (Å²) in [6, 6.07) is 7.64. The van der Waals surface area contributed by atoms with Crippen molar-refractivity contribution in [1.82, 2.24) is 14.8 Å². The smallest absolute Gasteiger partial charge is 0.357 e. The van der Waals surface area contributed by atoms with E-state index < -0.39 is 11.7 Å². The SMILES string of the molecule is O=C(c1ccc(C(F)(F)F)cc1)N1CCCN(C(=O)c2ccc[nH]2)CC1. The average Bonchev–Trinajstić information content (AvgIpc) is 3.04. The van der Waals surface area contributed by atoms with Crippen molar-refractivity contribution in [1.29, 1.82) is 0 Å². The van der Waals surface area contributed by atoms with Crippen LogP contribution in [0.5, 0.6) is 0 Å². The lowest BCUT2D eigenvalue weighted by atomic mass is 10.1. The number of nitrogens with one attached hydrogen (secondary N) is 1. The molecule has 2 aromatic rings. The molecule has 1 aliphatic heterocycles. The topological polar surface area (TPSA) is 56.4 Å². The molecular formula is C18H18F3N3O2. The summed E-state index contributed by atoms with van der Waals surface area (Å²) in [5, 5.41) is 0. The van der Waals surface area contributed by atoms with Crippen molar-refractivity contribution in [2.75, 3.05) is 26.2 Å². The minimum absolute atomic E-state index is 0.126. The molecule has 0 atom stereocenters. The number of hydrogen-bond donors (Lipinski definition) is 1. The molecule has 1 fully saturated rings. The Morgan fingerprint density at radius 1 is 0.885 bits per heavy atom. The highest BCUT2D eigenvalue weighted by Gasteiger charge is 2.30. The van der Waals surface area contributed by atoms with E-state index in [9.17, 15) is 22.8 Å². The van der Waals surface area contributed by atoms with Crippen LogP contribution in [0.25, 0.3) is 0 Å². The molecule has 1 saturated heterocycles. The summed E-state index contributed by atoms with van der Waals surface area (Å²) in [5.74, 6) is -0.452. The molecule has 3 rings (SSSR count). The molecule has 0 unspecified atom stereocenters. The molecular weight excluding hydrogens is 347 g/mol. The maximum absolute atomic E-state index is 12.6. The van der Waals surface area contributed by atoms with Crippen LogP contribution in [-0.2, 0) is 6.18 Å². The Morgan fingerprint density at radius 3 is 2.04 bits per heavy atom. The number of alkyl halides is 3. The van der Waals surface area contributed by atoms with Crippen LogP contribution in [0.3, 0.4) is 0 Å². The third kappa shape index (κ3) is 3.89. The number of hydrogen-bond acceptors (Lipinski definition) is 2. The Bertz CT molecular complexity index is 770. The Labute approximate surface area is 148 Å². The van der Waals surface area contributed by atoms with Gasteiger partial charge in [-0.2, -0.15) is 13.2 Å². The lowest BCUT2D eigenvalue weighted by molar-refractivity contribution is -0.137. The Kier molecular flexibility index (Phi) is 5.01. The summed E-state index contributed by atoms with van der Waals surface area (Å²) in [6.07, 6.45) is -2.15. The van der Waals surface area contributed by atoms with Gasteiger partial charge in [0.05, 0.1) is 5.56 Å². The van der Waals surface area contributed by atoms with Crippen LogP contribution in [0.1, 0.15) is 32.8 Å². The van der Waals surface area contributed by atoms with E-state index in [1.54, 1.807) is 28.1 Å². The van der Waals surface area contributed by atoms with Crippen LogP contribution in [0.2, 0.25) is 0 Å². The van der Waals surface area contributed by atoms with E-state index in [0.717, 1.165) is 12.1 Å². The fraction of sp³-hybridized carbons (Fsp3) is 0.333. The number of carbonyl (C=O) groups is 2. The molecule has 0 saturated carbocycles. The molecule has 0 bridgehead atoms. The highest BCUT2D eigenvalue weighted by molar-refractivity contribution is 5.95. The first kappa shape index (κ1) is 18.0. The van der Waals surface area contributed by atoms with Gasteiger partial charge in [0.2, 0.25) is 0 Å². The first-order chi connectivity index (χ1) is 12.4. The van der Waals surface area contributed by atoms with Gasteiger partial charge in [-0.1, -0.05) is 0 Å². The Balaban J connectivity index is 1.65. The van der Waals surface area contributed by atoms with Crippen molar-refractivity contribution in [3.05, 3.63) is 59.4 Å². The van der Waals surface area contributed by atoms with Crippen molar-refractivity contribution in [2.45, 2.75) is 12.6 Å². The second kappa shape index (κ2) is 7.23. The van der Waals surface area contributed by atoms with E-state index in [4.69, 9.17) is 0 Å². The lowest BCUT2D eigenvalue weighted by Crippen LogP contribution is -2.37. The molecule has 1 aromatic carbocycles. The van der Waals surface area contributed by atoms with Gasteiger partial charge >= 0.3 is 6.18 Å². The molecule has 0 spiro atoms. The fourth-order valence-corrected chi connectivity index (χ4v) is 2.94. The summed E-state index contributed by atoms with van der Waals surface area (Å²) in [5.41, 5.74) is -0.0812. The number of carbonyl (C=O) groups excluding carboxylic acids is 2. The third-order valence-corrected chi connectivity index (χ3v) is 4.36. The van der Waals surface area contributed by atoms with Crippen LogP contribution in [0, 0.1) is 0 Å². The largest absolute Gasteiger partial charge is 0.416 e. The molecule has 26 heavy (non-hydrogen) atoms. The molecule has 5 nitrogen and oxygen atoms in total. The highest BCUT2D eigenvalue weighted by Crippen LogP contribution is 2.29. The van der Waals surface area contributed by atoms with Crippen LogP contribution >= 0.6 is 0 Å². The van der Waals surface area contributed by atoms with E-state index in [1.165, 1.54) is 12.1 Å². The zero-order valence-electron chi connectivity index (χ0n) is 13.9. The molecule has 1 aromatic heterocycles. The highest BCUT2D eigenvalue weighted by atomic mass is 19.4. The van der Waals surface area contributed by atoms with E-state index >= 15 is 0 Å². The second-order valence-corrected chi connectivity index (χ2v) is 6.10. The number of nitrogens with zero attached hydrogens (tertiary/aromatic N) is 2. The van der Waals surface area contributed by atoms with Crippen molar-refractivity contribution < 1.29 is 22.8 Å². The molecule has 138 valence electrons. The van der Waals surface area contributed by atoms with Gasteiger partial charge in [-0.3, -0.25) is 9.59 Å². The number of benzene rings is 1. The molecule has 0 radical (unpaired) electrons. The first-order valence-electron chi connectivity index (χ1n) is 8.25. The predicted octanol–water partition coefficient (Wildman–Crippen LogP) is 3.02. The number of aromatic amines is 1. The predicted molar refractivity (Wildman–Crippen MR) is 88.7 cm³/mol. The van der Waals surface area contributed by atoms with Crippen LogP contribution in [-0.4, -0.2) is 52.8 Å². The number of aromatic nitrogens is 1. The normalized spacial score (nSPS) is 15.7. The van der Waals surface area contributed by atoms with Crippen LogP contribution < -0.4 is 0 Å². The summed E-state index contributed by atoms with van der Waals surface area (Å²) < 4.78 is 37.9. The maximum Gasteiger partial charge on any atom is 0.416 e. The third-order valence-electron chi connectivity index (χ3n) is 4.36. The number of amides is 2. The van der Waals surface area contributed by atoms with E-state index in [1.807, 2.05) is 0 Å². The minimum atomic E-state index is -4.43. The van der Waals surface area contributed by atoms with Gasteiger partial charge in [0, 0.05) is 37.9 Å². The molecule has 2 heterocycles. The standard InChI is InChI=1S/C18H18F3N3O2/c19-18(20,21)14-6-4-13(5-7-14)16(25)23-9-2-10-24(12-11-23)17(26)15-3-1-8-22-15/h1,3-8,22H,2,9-12H2. The van der Waals surface area contributed by atoms with Gasteiger partial charge in [-0.05, 0) is 42.8 Å². The van der Waals surface area contributed by atoms with Gasteiger partial charge in [0.15, 0.2) is 0 Å². The molecule has 0 aliphatic carbocycles. The Morgan fingerprint density at radius 2 is 1.50 bits per heavy atom. The van der Waals surface area contributed by atoms with Gasteiger partial charge in [-0.25, -0.2) is 0 Å². The van der Waals surface area contributed by atoms with Crippen LogP contribution in [0.4, 0.5) is 13.2 Å². The summed E-state index contributed by atoms with van der Waals surface area (Å²) >= 11 is 0. The van der Waals surface area contributed by atoms with Gasteiger partial charge in [0.25, 0.3) is 11.8 Å². The number of H-pyrrole nitrogens is 1. The summed E-state index contributed by atoms with van der Waals surface area (Å²) in [7, 11) is 0. The van der Waals surface area contributed by atoms with E-state index in [-0.39, 0.29) is 17.4 Å². The average molecular weight is 365 g/mol. The summed E-state index contributed by atoms with van der Waals surface area (Å²) in [4.78, 5) is 31.0. The second-order valence-electron chi connectivity index (χ2n) is 6.10.